The summed E-state index contributed by atoms with van der Waals surface area (Å²) in [7, 11) is 0. The van der Waals surface area contributed by atoms with Crippen molar-refractivity contribution in [1.29, 1.82) is 0 Å². The molecule has 0 radical (unpaired) electrons. The van der Waals surface area contributed by atoms with Crippen LogP contribution >= 0.6 is 11.6 Å². The molecule has 2 aliphatic rings. The van der Waals surface area contributed by atoms with Crippen LogP contribution in [0, 0.1) is 0 Å². The van der Waals surface area contributed by atoms with E-state index in [0.29, 0.717) is 29.8 Å². The van der Waals surface area contributed by atoms with Gasteiger partial charge in [0.25, 0.3) is 0 Å². The zero-order valence-electron chi connectivity index (χ0n) is 13.3. The number of amides is 2. The van der Waals surface area contributed by atoms with Gasteiger partial charge in [-0.3, -0.25) is 9.59 Å². The maximum Gasteiger partial charge on any atom is 0.226 e. The number of carbonyl (C=O) groups excluding carboxylic acids is 2. The summed E-state index contributed by atoms with van der Waals surface area (Å²) < 4.78 is 0. The Balaban J connectivity index is 1.52. The fourth-order valence-electron chi connectivity index (χ4n) is 3.57. The van der Waals surface area contributed by atoms with Crippen molar-refractivity contribution in [3.8, 4) is 0 Å². The molecule has 2 fully saturated rings. The van der Waals surface area contributed by atoms with Crippen LogP contribution in [-0.2, 0) is 16.0 Å². The van der Waals surface area contributed by atoms with Crippen LogP contribution in [0.5, 0.6) is 0 Å². The Morgan fingerprint density at radius 1 is 1.17 bits per heavy atom. The van der Waals surface area contributed by atoms with Crippen molar-refractivity contribution < 1.29 is 9.59 Å². The first-order valence-electron chi connectivity index (χ1n) is 8.45. The number of rotatable bonds is 3. The zero-order valence-corrected chi connectivity index (χ0v) is 14.1. The predicted molar refractivity (Wildman–Crippen MR) is 90.3 cm³/mol. The second kappa shape index (κ2) is 7.35. The summed E-state index contributed by atoms with van der Waals surface area (Å²) in [5.41, 5.74) is 0.954. The van der Waals surface area contributed by atoms with E-state index in [-0.39, 0.29) is 5.91 Å². The lowest BCUT2D eigenvalue weighted by Crippen LogP contribution is -2.50. The molecule has 0 aromatic heterocycles. The second-order valence-electron chi connectivity index (χ2n) is 6.46. The van der Waals surface area contributed by atoms with Crippen LogP contribution < -0.4 is 0 Å². The SMILES string of the molecule is O=C(Cc1cccc(Cl)c1)N1CCC(N2CCCCC2=O)CC1. The molecule has 0 atom stereocenters. The van der Waals surface area contributed by atoms with E-state index in [1.165, 1.54) is 0 Å². The number of hydrogen-bond acceptors (Lipinski definition) is 2. The van der Waals surface area contributed by atoms with Gasteiger partial charge in [-0.2, -0.15) is 0 Å². The van der Waals surface area contributed by atoms with Gasteiger partial charge >= 0.3 is 0 Å². The van der Waals surface area contributed by atoms with Crippen LogP contribution in [0.15, 0.2) is 24.3 Å². The standard InChI is InChI=1S/C18H23ClN2O2/c19-15-5-3-4-14(12-15)13-18(23)20-10-7-16(8-11-20)21-9-2-1-6-17(21)22/h3-5,12,16H,1-2,6-11,13H2. The van der Waals surface area contributed by atoms with Crippen LogP contribution in [-0.4, -0.2) is 47.3 Å². The molecule has 0 unspecified atom stereocenters. The van der Waals surface area contributed by atoms with Gasteiger partial charge in [-0.1, -0.05) is 23.7 Å². The van der Waals surface area contributed by atoms with Crippen LogP contribution in [0.25, 0.3) is 0 Å². The quantitative estimate of drug-likeness (QED) is 0.852. The van der Waals surface area contributed by atoms with Gasteiger partial charge < -0.3 is 9.80 Å². The Morgan fingerprint density at radius 3 is 2.65 bits per heavy atom. The van der Waals surface area contributed by atoms with Crippen molar-refractivity contribution >= 4 is 23.4 Å². The molecule has 2 aliphatic heterocycles. The van der Waals surface area contributed by atoms with Crippen LogP contribution in [0.3, 0.4) is 0 Å². The molecular formula is C18H23ClN2O2. The van der Waals surface area contributed by atoms with E-state index < -0.39 is 0 Å². The predicted octanol–water partition coefficient (Wildman–Crippen LogP) is 2.89. The molecule has 0 bridgehead atoms. The lowest BCUT2D eigenvalue weighted by Gasteiger charge is -2.40. The molecule has 5 heteroatoms. The molecule has 0 aliphatic carbocycles. The lowest BCUT2D eigenvalue weighted by molar-refractivity contribution is -0.138. The number of halogens is 1. The Bertz CT molecular complexity index is 582. The number of likely N-dealkylation sites (tertiary alicyclic amines) is 2. The summed E-state index contributed by atoms with van der Waals surface area (Å²) in [6.45, 7) is 2.38. The lowest BCUT2D eigenvalue weighted by atomic mass is 9.99. The first-order valence-corrected chi connectivity index (χ1v) is 8.83. The molecule has 1 aromatic carbocycles. The third-order valence-corrected chi connectivity index (χ3v) is 5.10. The molecule has 2 heterocycles. The minimum absolute atomic E-state index is 0.149. The smallest absolute Gasteiger partial charge is 0.226 e. The molecule has 124 valence electrons. The van der Waals surface area contributed by atoms with Crippen molar-refractivity contribution in [3.63, 3.8) is 0 Å². The number of piperidine rings is 2. The molecule has 0 spiro atoms. The van der Waals surface area contributed by atoms with E-state index in [1.54, 1.807) is 0 Å². The van der Waals surface area contributed by atoms with E-state index in [0.717, 1.165) is 50.9 Å². The average Bonchev–Trinajstić information content (AvgIpc) is 2.55. The maximum atomic E-state index is 12.4. The fourth-order valence-corrected chi connectivity index (χ4v) is 3.79. The van der Waals surface area contributed by atoms with Gasteiger partial charge in [0.15, 0.2) is 0 Å². The Labute approximate surface area is 142 Å². The molecule has 0 N–H and O–H groups in total. The molecular weight excluding hydrogens is 312 g/mol. The Morgan fingerprint density at radius 2 is 1.96 bits per heavy atom. The fraction of sp³-hybridized carbons (Fsp3) is 0.556. The molecule has 23 heavy (non-hydrogen) atoms. The van der Waals surface area contributed by atoms with Crippen LogP contribution in [0.1, 0.15) is 37.7 Å². The Hall–Kier alpha value is -1.55. The van der Waals surface area contributed by atoms with Crippen molar-refractivity contribution in [2.75, 3.05) is 19.6 Å². The molecule has 2 saturated heterocycles. The van der Waals surface area contributed by atoms with Gasteiger partial charge in [-0.15, -0.1) is 0 Å². The Kier molecular flexibility index (Phi) is 5.21. The highest BCUT2D eigenvalue weighted by Crippen LogP contribution is 2.22. The first kappa shape index (κ1) is 16.3. The van der Waals surface area contributed by atoms with Gasteiger partial charge in [0.05, 0.1) is 6.42 Å². The monoisotopic (exact) mass is 334 g/mol. The number of nitrogens with zero attached hydrogens (tertiary/aromatic N) is 2. The normalized spacial score (nSPS) is 20.0. The minimum atomic E-state index is 0.149. The summed E-state index contributed by atoms with van der Waals surface area (Å²) in [6, 6.07) is 7.79. The highest BCUT2D eigenvalue weighted by molar-refractivity contribution is 6.30. The van der Waals surface area contributed by atoms with Gasteiger partial charge in [-0.25, -0.2) is 0 Å². The van der Waals surface area contributed by atoms with Gasteiger partial charge in [0, 0.05) is 37.1 Å². The summed E-state index contributed by atoms with van der Waals surface area (Å²) in [5, 5.41) is 0.664. The van der Waals surface area contributed by atoms with E-state index >= 15 is 0 Å². The highest BCUT2D eigenvalue weighted by atomic mass is 35.5. The zero-order chi connectivity index (χ0) is 16.2. The van der Waals surface area contributed by atoms with E-state index in [1.807, 2.05) is 34.1 Å². The summed E-state index contributed by atoms with van der Waals surface area (Å²) in [6.07, 6.45) is 5.01. The average molecular weight is 335 g/mol. The molecule has 1 aromatic rings. The van der Waals surface area contributed by atoms with Gasteiger partial charge in [0.2, 0.25) is 11.8 Å². The number of benzene rings is 1. The molecule has 2 amide bonds. The topological polar surface area (TPSA) is 40.6 Å². The summed E-state index contributed by atoms with van der Waals surface area (Å²) in [4.78, 5) is 28.4. The molecule has 3 rings (SSSR count). The van der Waals surface area contributed by atoms with Gasteiger partial charge in [-0.05, 0) is 43.4 Å². The summed E-state index contributed by atoms with van der Waals surface area (Å²) >= 11 is 5.97. The van der Waals surface area contributed by atoms with Crippen molar-refractivity contribution in [2.24, 2.45) is 0 Å². The number of carbonyl (C=O) groups is 2. The minimum Gasteiger partial charge on any atom is -0.342 e. The molecule has 4 nitrogen and oxygen atoms in total. The van der Waals surface area contributed by atoms with E-state index in [9.17, 15) is 9.59 Å². The third kappa shape index (κ3) is 4.05. The molecule has 0 saturated carbocycles. The van der Waals surface area contributed by atoms with Crippen molar-refractivity contribution in [2.45, 2.75) is 44.6 Å². The maximum absolute atomic E-state index is 12.4. The first-order chi connectivity index (χ1) is 11.1. The largest absolute Gasteiger partial charge is 0.342 e. The van der Waals surface area contributed by atoms with Gasteiger partial charge in [0.1, 0.15) is 0 Å². The highest BCUT2D eigenvalue weighted by Gasteiger charge is 2.30. The second-order valence-corrected chi connectivity index (χ2v) is 6.90. The number of hydrogen-bond donors (Lipinski definition) is 0. The summed E-state index contributed by atoms with van der Waals surface area (Å²) in [5.74, 6) is 0.440. The van der Waals surface area contributed by atoms with Crippen LogP contribution in [0.4, 0.5) is 0 Å². The third-order valence-electron chi connectivity index (χ3n) is 4.86. The van der Waals surface area contributed by atoms with E-state index in [4.69, 9.17) is 11.6 Å². The van der Waals surface area contributed by atoms with Crippen molar-refractivity contribution in [3.05, 3.63) is 34.9 Å². The van der Waals surface area contributed by atoms with Crippen molar-refractivity contribution in [1.82, 2.24) is 9.80 Å². The van der Waals surface area contributed by atoms with E-state index in [2.05, 4.69) is 0 Å². The van der Waals surface area contributed by atoms with Crippen LogP contribution in [0.2, 0.25) is 5.02 Å².